The van der Waals surface area contributed by atoms with Crippen molar-refractivity contribution in [2.45, 2.75) is 13.3 Å². The van der Waals surface area contributed by atoms with Crippen LogP contribution < -0.4 is 5.73 Å². The zero-order valence-electron chi connectivity index (χ0n) is 11.5. The standard InChI is InChI=1S/C15H14FN5/c1-2-13-14(16)15(19-9-18-13)21-8-11(7-20-21)10-4-3-5-12(17)6-10/h3-9H,2,17H2,1H3. The Kier molecular flexibility index (Phi) is 3.35. The van der Waals surface area contributed by atoms with Crippen LogP contribution in [0, 0.1) is 5.82 Å². The van der Waals surface area contributed by atoms with Crippen molar-refractivity contribution in [2.24, 2.45) is 0 Å². The van der Waals surface area contributed by atoms with Crippen LogP contribution in [-0.4, -0.2) is 19.7 Å². The first kappa shape index (κ1) is 13.2. The predicted octanol–water partition coefficient (Wildman–Crippen LogP) is 2.61. The SMILES string of the molecule is CCc1ncnc(-n2cc(-c3cccc(N)c3)cn2)c1F. The van der Waals surface area contributed by atoms with Crippen molar-refractivity contribution in [3.8, 4) is 16.9 Å². The summed E-state index contributed by atoms with van der Waals surface area (Å²) in [7, 11) is 0. The molecule has 2 heterocycles. The first-order valence-corrected chi connectivity index (χ1v) is 6.59. The fraction of sp³-hybridized carbons (Fsp3) is 0.133. The van der Waals surface area contributed by atoms with E-state index in [9.17, 15) is 4.39 Å². The van der Waals surface area contributed by atoms with Crippen LogP contribution in [0.5, 0.6) is 0 Å². The summed E-state index contributed by atoms with van der Waals surface area (Å²) >= 11 is 0. The molecule has 3 rings (SSSR count). The lowest BCUT2D eigenvalue weighted by Gasteiger charge is -2.04. The van der Waals surface area contributed by atoms with Gasteiger partial charge in [0.1, 0.15) is 6.33 Å². The molecular formula is C15H14FN5. The number of anilines is 1. The Bertz CT molecular complexity index is 781. The Balaban J connectivity index is 2.03. The third-order valence-electron chi connectivity index (χ3n) is 3.20. The normalized spacial score (nSPS) is 10.8. The Hall–Kier alpha value is -2.76. The molecule has 2 aromatic heterocycles. The minimum Gasteiger partial charge on any atom is -0.399 e. The average Bonchev–Trinajstić information content (AvgIpc) is 2.97. The van der Waals surface area contributed by atoms with Gasteiger partial charge in [-0.2, -0.15) is 5.10 Å². The van der Waals surface area contributed by atoms with Crippen molar-refractivity contribution in [1.82, 2.24) is 19.7 Å². The highest BCUT2D eigenvalue weighted by Gasteiger charge is 2.13. The highest BCUT2D eigenvalue weighted by molar-refractivity contribution is 5.66. The molecule has 21 heavy (non-hydrogen) atoms. The number of benzene rings is 1. The summed E-state index contributed by atoms with van der Waals surface area (Å²) in [5.41, 5.74) is 8.58. The van der Waals surface area contributed by atoms with E-state index in [-0.39, 0.29) is 5.82 Å². The van der Waals surface area contributed by atoms with E-state index in [1.54, 1.807) is 12.4 Å². The van der Waals surface area contributed by atoms with E-state index in [2.05, 4.69) is 15.1 Å². The largest absolute Gasteiger partial charge is 0.399 e. The van der Waals surface area contributed by atoms with E-state index >= 15 is 0 Å². The molecule has 0 aliphatic rings. The Morgan fingerprint density at radius 3 is 2.86 bits per heavy atom. The fourth-order valence-corrected chi connectivity index (χ4v) is 2.11. The molecule has 0 amide bonds. The second kappa shape index (κ2) is 5.32. The van der Waals surface area contributed by atoms with Gasteiger partial charge in [0.25, 0.3) is 0 Å². The molecule has 0 fully saturated rings. The number of aromatic nitrogens is 4. The summed E-state index contributed by atoms with van der Waals surface area (Å²) in [6, 6.07) is 7.44. The molecular weight excluding hydrogens is 269 g/mol. The predicted molar refractivity (Wildman–Crippen MR) is 78.3 cm³/mol. The third-order valence-corrected chi connectivity index (χ3v) is 3.20. The average molecular weight is 283 g/mol. The molecule has 0 saturated heterocycles. The lowest BCUT2D eigenvalue weighted by molar-refractivity contribution is 0.574. The molecule has 5 nitrogen and oxygen atoms in total. The van der Waals surface area contributed by atoms with Gasteiger partial charge < -0.3 is 5.73 Å². The van der Waals surface area contributed by atoms with Gasteiger partial charge in [0.05, 0.1) is 11.9 Å². The summed E-state index contributed by atoms with van der Waals surface area (Å²) in [5.74, 6) is -0.292. The molecule has 0 radical (unpaired) electrons. The quantitative estimate of drug-likeness (QED) is 0.750. The van der Waals surface area contributed by atoms with Crippen molar-refractivity contribution in [3.63, 3.8) is 0 Å². The summed E-state index contributed by atoms with van der Waals surface area (Å²) in [6.45, 7) is 1.84. The van der Waals surface area contributed by atoms with Crippen molar-refractivity contribution in [1.29, 1.82) is 0 Å². The van der Waals surface area contributed by atoms with Crippen LogP contribution in [-0.2, 0) is 6.42 Å². The van der Waals surface area contributed by atoms with E-state index in [1.807, 2.05) is 31.2 Å². The maximum absolute atomic E-state index is 14.2. The van der Waals surface area contributed by atoms with Crippen LogP contribution in [0.2, 0.25) is 0 Å². The molecule has 2 N–H and O–H groups in total. The number of halogens is 1. The van der Waals surface area contributed by atoms with Gasteiger partial charge in [0.2, 0.25) is 0 Å². The summed E-state index contributed by atoms with van der Waals surface area (Å²) < 4.78 is 15.6. The van der Waals surface area contributed by atoms with Crippen LogP contribution in [0.1, 0.15) is 12.6 Å². The molecule has 1 aromatic carbocycles. The van der Waals surface area contributed by atoms with E-state index in [0.717, 1.165) is 11.1 Å². The maximum atomic E-state index is 14.2. The Morgan fingerprint density at radius 1 is 1.24 bits per heavy atom. The smallest absolute Gasteiger partial charge is 0.193 e. The van der Waals surface area contributed by atoms with Gasteiger partial charge in [-0.25, -0.2) is 19.0 Å². The summed E-state index contributed by atoms with van der Waals surface area (Å²) in [4.78, 5) is 7.89. The summed E-state index contributed by atoms with van der Waals surface area (Å²) in [5, 5.41) is 4.17. The van der Waals surface area contributed by atoms with E-state index in [4.69, 9.17) is 5.73 Å². The molecule has 0 unspecified atom stereocenters. The van der Waals surface area contributed by atoms with Crippen LogP contribution in [0.25, 0.3) is 16.9 Å². The lowest BCUT2D eigenvalue weighted by Crippen LogP contribution is -2.06. The van der Waals surface area contributed by atoms with Crippen LogP contribution in [0.3, 0.4) is 0 Å². The number of nitrogens with zero attached hydrogens (tertiary/aromatic N) is 4. The topological polar surface area (TPSA) is 69.6 Å². The van der Waals surface area contributed by atoms with Crippen LogP contribution >= 0.6 is 0 Å². The van der Waals surface area contributed by atoms with Crippen LogP contribution in [0.15, 0.2) is 43.0 Å². The Morgan fingerprint density at radius 2 is 2.10 bits per heavy atom. The van der Waals surface area contributed by atoms with Crippen molar-refractivity contribution in [2.75, 3.05) is 5.73 Å². The molecule has 106 valence electrons. The zero-order valence-corrected chi connectivity index (χ0v) is 11.5. The van der Waals surface area contributed by atoms with E-state index in [1.165, 1.54) is 11.0 Å². The van der Waals surface area contributed by atoms with E-state index in [0.29, 0.717) is 17.8 Å². The van der Waals surface area contributed by atoms with Crippen molar-refractivity contribution < 1.29 is 4.39 Å². The molecule has 0 saturated carbocycles. The highest BCUT2D eigenvalue weighted by atomic mass is 19.1. The molecule has 3 aromatic rings. The van der Waals surface area contributed by atoms with Crippen molar-refractivity contribution >= 4 is 5.69 Å². The number of nitrogens with two attached hydrogens (primary N) is 1. The molecule has 0 aliphatic carbocycles. The van der Waals surface area contributed by atoms with Gasteiger partial charge in [0.15, 0.2) is 11.6 Å². The number of hydrogen-bond acceptors (Lipinski definition) is 4. The van der Waals surface area contributed by atoms with Crippen molar-refractivity contribution in [3.05, 3.63) is 54.5 Å². The number of aryl methyl sites for hydroxylation is 1. The first-order chi connectivity index (χ1) is 10.2. The van der Waals surface area contributed by atoms with Crippen LogP contribution in [0.4, 0.5) is 10.1 Å². The maximum Gasteiger partial charge on any atom is 0.193 e. The van der Waals surface area contributed by atoms with Gasteiger partial charge in [-0.3, -0.25) is 0 Å². The minimum atomic E-state index is -0.442. The second-order valence-electron chi connectivity index (χ2n) is 4.61. The summed E-state index contributed by atoms with van der Waals surface area (Å²) in [6.07, 6.45) is 5.23. The molecule has 0 bridgehead atoms. The van der Waals surface area contributed by atoms with E-state index < -0.39 is 5.82 Å². The Labute approximate surface area is 121 Å². The number of nitrogen functional groups attached to an aromatic ring is 1. The third kappa shape index (κ3) is 2.47. The molecule has 0 aliphatic heterocycles. The highest BCUT2D eigenvalue weighted by Crippen LogP contribution is 2.22. The minimum absolute atomic E-state index is 0.150. The van der Waals surface area contributed by atoms with Gasteiger partial charge >= 0.3 is 0 Å². The fourth-order valence-electron chi connectivity index (χ4n) is 2.11. The second-order valence-corrected chi connectivity index (χ2v) is 4.61. The van der Waals surface area contributed by atoms with Gasteiger partial charge in [-0.15, -0.1) is 0 Å². The number of hydrogen-bond donors (Lipinski definition) is 1. The lowest BCUT2D eigenvalue weighted by atomic mass is 10.1. The van der Waals surface area contributed by atoms with Gasteiger partial charge in [0, 0.05) is 17.4 Å². The molecule has 6 heteroatoms. The van der Waals surface area contributed by atoms with Gasteiger partial charge in [-0.1, -0.05) is 19.1 Å². The monoisotopic (exact) mass is 283 g/mol. The molecule has 0 spiro atoms. The van der Waals surface area contributed by atoms with Gasteiger partial charge in [-0.05, 0) is 24.1 Å². The molecule has 0 atom stereocenters. The zero-order chi connectivity index (χ0) is 14.8. The number of rotatable bonds is 3. The first-order valence-electron chi connectivity index (χ1n) is 6.59.